The second kappa shape index (κ2) is 9.63. The number of benzene rings is 3. The van der Waals surface area contributed by atoms with Gasteiger partial charge in [-0.25, -0.2) is 0 Å². The molecule has 1 aliphatic rings. The molecule has 1 aliphatic heterocycles. The lowest BCUT2D eigenvalue weighted by Crippen LogP contribution is -2.46. The molecular weight excluding hydrogens is 438 g/mol. The molecule has 0 aliphatic carbocycles. The van der Waals surface area contributed by atoms with Crippen LogP contribution in [0.2, 0.25) is 5.02 Å². The van der Waals surface area contributed by atoms with Crippen LogP contribution in [0.5, 0.6) is 0 Å². The number of rotatable bonds is 8. The van der Waals surface area contributed by atoms with Gasteiger partial charge in [-0.2, -0.15) is 0 Å². The molecule has 0 bridgehead atoms. The van der Waals surface area contributed by atoms with E-state index in [1.807, 2.05) is 48.5 Å². The van der Waals surface area contributed by atoms with Crippen molar-refractivity contribution in [3.05, 3.63) is 76.8 Å². The third-order valence-corrected chi connectivity index (χ3v) is 6.35. The second-order valence-corrected chi connectivity index (χ2v) is 8.62. The Labute approximate surface area is 198 Å². The Morgan fingerprint density at radius 2 is 1.76 bits per heavy atom. The van der Waals surface area contributed by atoms with Crippen LogP contribution in [-0.4, -0.2) is 42.3 Å². The van der Waals surface area contributed by atoms with E-state index in [9.17, 15) is 14.4 Å². The highest BCUT2D eigenvalue weighted by Crippen LogP contribution is 2.37. The lowest BCUT2D eigenvalue weighted by Gasteiger charge is -2.29. The van der Waals surface area contributed by atoms with E-state index in [1.165, 1.54) is 0 Å². The van der Waals surface area contributed by atoms with Crippen LogP contribution in [0.15, 0.2) is 60.7 Å². The molecule has 170 valence electrons. The van der Waals surface area contributed by atoms with E-state index in [4.69, 9.17) is 11.6 Å². The smallest absolute Gasteiger partial charge is 0.258 e. The van der Waals surface area contributed by atoms with Crippen LogP contribution in [0, 0.1) is 0 Å². The number of likely N-dealkylation sites (N-methyl/N-ethyl adjacent to an activating group) is 1. The monoisotopic (exact) mass is 463 g/mol. The molecule has 0 fully saturated rings. The number of hydrogen-bond acceptors (Lipinski definition) is 3. The first kappa shape index (κ1) is 22.8. The zero-order valence-corrected chi connectivity index (χ0v) is 19.4. The highest BCUT2D eigenvalue weighted by atomic mass is 35.5. The van der Waals surface area contributed by atoms with Crippen LogP contribution < -0.4 is 10.2 Å². The van der Waals surface area contributed by atoms with Gasteiger partial charge in [0, 0.05) is 42.5 Å². The summed E-state index contributed by atoms with van der Waals surface area (Å²) < 4.78 is 0. The normalized spacial score (nSPS) is 13.3. The fourth-order valence-electron chi connectivity index (χ4n) is 4.31. The zero-order valence-electron chi connectivity index (χ0n) is 18.7. The maximum atomic E-state index is 13.2. The molecule has 0 unspecified atom stereocenters. The molecule has 0 saturated heterocycles. The molecule has 3 aromatic rings. The summed E-state index contributed by atoms with van der Waals surface area (Å²) in [5, 5.41) is 5.23. The van der Waals surface area contributed by atoms with E-state index in [0.717, 1.165) is 22.0 Å². The van der Waals surface area contributed by atoms with Gasteiger partial charge in [0.15, 0.2) is 0 Å². The van der Waals surface area contributed by atoms with E-state index in [2.05, 4.69) is 5.32 Å². The number of nitrogens with zero attached hydrogens (tertiary/aromatic N) is 2. The van der Waals surface area contributed by atoms with E-state index >= 15 is 0 Å². The number of carbonyl (C=O) groups excluding carboxylic acids is 3. The van der Waals surface area contributed by atoms with Gasteiger partial charge in [-0.15, -0.1) is 0 Å². The summed E-state index contributed by atoms with van der Waals surface area (Å²) in [6.07, 6.45) is 0.720. The predicted octanol–water partition coefficient (Wildman–Crippen LogP) is 4.40. The molecule has 7 heteroatoms. The third kappa shape index (κ3) is 4.57. The molecule has 0 spiro atoms. The molecule has 3 aromatic carbocycles. The van der Waals surface area contributed by atoms with Gasteiger partial charge in [0.1, 0.15) is 6.04 Å². The molecule has 1 heterocycles. The van der Waals surface area contributed by atoms with Gasteiger partial charge in [-0.1, -0.05) is 48.0 Å². The molecular formula is C26H26ClN3O3. The van der Waals surface area contributed by atoms with Crippen molar-refractivity contribution in [1.29, 1.82) is 0 Å². The summed E-state index contributed by atoms with van der Waals surface area (Å²) in [4.78, 5) is 41.7. The first-order chi connectivity index (χ1) is 15.9. The Kier molecular flexibility index (Phi) is 6.65. The van der Waals surface area contributed by atoms with Gasteiger partial charge in [0.2, 0.25) is 11.8 Å². The van der Waals surface area contributed by atoms with Gasteiger partial charge in [-0.05, 0) is 48.6 Å². The molecule has 4 rings (SSSR count). The Balaban J connectivity index is 1.45. The van der Waals surface area contributed by atoms with E-state index in [-0.39, 0.29) is 24.1 Å². The van der Waals surface area contributed by atoms with Crippen molar-refractivity contribution in [2.75, 3.05) is 18.5 Å². The molecule has 0 aromatic heterocycles. The van der Waals surface area contributed by atoms with Gasteiger partial charge in [0.25, 0.3) is 5.91 Å². The van der Waals surface area contributed by atoms with Crippen LogP contribution in [0.3, 0.4) is 0 Å². The molecule has 0 saturated carbocycles. The first-order valence-corrected chi connectivity index (χ1v) is 11.4. The first-order valence-electron chi connectivity index (χ1n) is 11.0. The average Bonchev–Trinajstić information content (AvgIpc) is 3.10. The molecule has 1 atom stereocenters. The quantitative estimate of drug-likeness (QED) is 0.538. The van der Waals surface area contributed by atoms with Gasteiger partial charge in [-0.3, -0.25) is 14.4 Å². The van der Waals surface area contributed by atoms with E-state index in [1.54, 1.807) is 35.9 Å². The summed E-state index contributed by atoms with van der Waals surface area (Å²) in [6, 6.07) is 18.2. The maximum absolute atomic E-state index is 13.2. The van der Waals surface area contributed by atoms with Crippen molar-refractivity contribution in [3.8, 4) is 0 Å². The number of anilines is 1. The Bertz CT molecular complexity index is 1200. The lowest BCUT2D eigenvalue weighted by molar-refractivity contribution is -0.140. The minimum Gasteiger partial charge on any atom is -0.357 e. The SMILES string of the molecule is CNC(=O)[C@H](C)N(Cc1ccc(Cl)cc1)C(=O)CCCN1C(=O)c2cccc3cccc1c23. The van der Waals surface area contributed by atoms with E-state index in [0.29, 0.717) is 30.1 Å². The highest BCUT2D eigenvalue weighted by Gasteiger charge is 2.30. The zero-order chi connectivity index (χ0) is 23.5. The third-order valence-electron chi connectivity index (χ3n) is 6.10. The Morgan fingerprint density at radius 1 is 1.06 bits per heavy atom. The minimum atomic E-state index is -0.621. The molecule has 6 nitrogen and oxygen atoms in total. The van der Waals surface area contributed by atoms with Gasteiger partial charge in [0.05, 0.1) is 5.69 Å². The highest BCUT2D eigenvalue weighted by molar-refractivity contribution is 6.30. The Morgan fingerprint density at radius 3 is 2.45 bits per heavy atom. The molecule has 33 heavy (non-hydrogen) atoms. The summed E-state index contributed by atoms with van der Waals surface area (Å²) in [6.45, 7) is 2.45. The summed E-state index contributed by atoms with van der Waals surface area (Å²) in [5.41, 5.74) is 2.48. The largest absolute Gasteiger partial charge is 0.357 e. The van der Waals surface area contributed by atoms with Crippen LogP contribution >= 0.6 is 11.6 Å². The summed E-state index contributed by atoms with van der Waals surface area (Å²) in [7, 11) is 1.56. The molecule has 1 N–H and O–H groups in total. The van der Waals surface area contributed by atoms with Crippen molar-refractivity contribution in [3.63, 3.8) is 0 Å². The lowest BCUT2D eigenvalue weighted by atomic mass is 10.1. The topological polar surface area (TPSA) is 69.7 Å². The fraction of sp³-hybridized carbons (Fsp3) is 0.269. The Hall–Kier alpha value is -3.38. The number of nitrogens with one attached hydrogen (secondary N) is 1. The van der Waals surface area contributed by atoms with Crippen LogP contribution in [0.25, 0.3) is 10.8 Å². The number of carbonyl (C=O) groups is 3. The maximum Gasteiger partial charge on any atom is 0.258 e. The number of halogens is 1. The molecule has 3 amide bonds. The number of hydrogen-bond donors (Lipinski definition) is 1. The average molecular weight is 464 g/mol. The van der Waals surface area contributed by atoms with Gasteiger partial charge < -0.3 is 15.1 Å². The van der Waals surface area contributed by atoms with Crippen molar-refractivity contribution < 1.29 is 14.4 Å². The number of amides is 3. The fourth-order valence-corrected chi connectivity index (χ4v) is 4.44. The van der Waals surface area contributed by atoms with Crippen LogP contribution in [0.4, 0.5) is 5.69 Å². The second-order valence-electron chi connectivity index (χ2n) is 8.18. The van der Waals surface area contributed by atoms with E-state index < -0.39 is 6.04 Å². The summed E-state index contributed by atoms with van der Waals surface area (Å²) >= 11 is 5.97. The predicted molar refractivity (Wildman–Crippen MR) is 130 cm³/mol. The van der Waals surface area contributed by atoms with Crippen molar-refractivity contribution in [2.24, 2.45) is 0 Å². The van der Waals surface area contributed by atoms with Crippen LogP contribution in [-0.2, 0) is 16.1 Å². The van der Waals surface area contributed by atoms with Crippen molar-refractivity contribution >= 4 is 45.8 Å². The molecule has 0 radical (unpaired) electrons. The van der Waals surface area contributed by atoms with Crippen LogP contribution in [0.1, 0.15) is 35.7 Å². The van der Waals surface area contributed by atoms with Crippen molar-refractivity contribution in [2.45, 2.75) is 32.4 Å². The summed E-state index contributed by atoms with van der Waals surface area (Å²) in [5.74, 6) is -0.399. The standard InChI is InChI=1S/C26H26ClN3O3/c1-17(25(32)28-2)30(16-18-11-13-20(27)14-12-18)23(31)10-5-15-29-22-9-4-7-19-6-3-8-21(24(19)22)26(29)33/h3-4,6-9,11-14,17H,5,10,15-16H2,1-2H3,(H,28,32)/t17-/m0/s1. The minimum absolute atomic E-state index is 0.0361. The van der Waals surface area contributed by atoms with Gasteiger partial charge >= 0.3 is 0 Å². The van der Waals surface area contributed by atoms with Crippen molar-refractivity contribution in [1.82, 2.24) is 10.2 Å².